The molecule has 1 amide bonds. The largest absolute Gasteiger partial charge is 0.383 e. The number of H-pyrrole nitrogens is 1. The van der Waals surface area contributed by atoms with Gasteiger partial charge in [0.05, 0.1) is 5.39 Å². The van der Waals surface area contributed by atoms with Crippen LogP contribution in [-0.2, 0) is 4.79 Å². The van der Waals surface area contributed by atoms with Crippen LogP contribution in [0.25, 0.3) is 11.0 Å². The van der Waals surface area contributed by atoms with Crippen molar-refractivity contribution in [2.45, 2.75) is 13.3 Å². The number of fused-ring (bicyclic) bond motifs is 1. The maximum absolute atomic E-state index is 10.6. The number of nitrogens with two attached hydrogens (primary N) is 1. The zero-order chi connectivity index (χ0) is 13.0. The molecule has 0 fully saturated rings. The quantitative estimate of drug-likeness (QED) is 0.501. The number of rotatable bonds is 2. The topological polar surface area (TPSA) is 110 Å². The van der Waals surface area contributed by atoms with E-state index >= 15 is 0 Å². The van der Waals surface area contributed by atoms with Gasteiger partial charge in [0.25, 0.3) is 0 Å². The highest BCUT2D eigenvalue weighted by atomic mass is 16.1. The minimum Gasteiger partial charge on any atom is -0.383 e. The molecule has 2 rings (SSSR count). The number of nitrogens with zero attached hydrogens (tertiary/aromatic N) is 3. The second-order valence-corrected chi connectivity index (χ2v) is 3.59. The van der Waals surface area contributed by atoms with E-state index in [1.54, 1.807) is 0 Å². The number of carbonyl (C=O) groups excluding carboxylic acids is 1. The Balaban J connectivity index is 2.13. The maximum atomic E-state index is 10.6. The van der Waals surface area contributed by atoms with Crippen molar-refractivity contribution in [1.82, 2.24) is 25.5 Å². The molecule has 18 heavy (non-hydrogen) atoms. The van der Waals surface area contributed by atoms with E-state index in [2.05, 4.69) is 37.3 Å². The van der Waals surface area contributed by atoms with E-state index in [1.807, 2.05) is 0 Å². The van der Waals surface area contributed by atoms with Gasteiger partial charge in [0, 0.05) is 19.9 Å². The van der Waals surface area contributed by atoms with Gasteiger partial charge >= 0.3 is 0 Å². The van der Waals surface area contributed by atoms with Gasteiger partial charge < -0.3 is 11.1 Å². The number of anilines is 1. The molecule has 0 aliphatic carbocycles. The van der Waals surface area contributed by atoms with Crippen LogP contribution in [0.4, 0.5) is 5.82 Å². The van der Waals surface area contributed by atoms with E-state index in [0.717, 1.165) is 0 Å². The second-order valence-electron chi connectivity index (χ2n) is 3.59. The molecule has 0 saturated carbocycles. The molecule has 7 nitrogen and oxygen atoms in total. The average molecular weight is 244 g/mol. The third-order valence-electron chi connectivity index (χ3n) is 2.22. The van der Waals surface area contributed by atoms with Gasteiger partial charge in [-0.3, -0.25) is 9.89 Å². The Kier molecular flexibility index (Phi) is 3.38. The predicted octanol–water partition coefficient (Wildman–Crippen LogP) is -0.187. The third kappa shape index (κ3) is 2.55. The Morgan fingerprint density at radius 2 is 2.39 bits per heavy atom. The molecular weight excluding hydrogens is 232 g/mol. The van der Waals surface area contributed by atoms with Crippen molar-refractivity contribution < 1.29 is 4.79 Å². The highest BCUT2D eigenvalue weighted by Gasteiger charge is 2.07. The second kappa shape index (κ2) is 5.14. The van der Waals surface area contributed by atoms with Crippen molar-refractivity contribution in [1.29, 1.82) is 0 Å². The summed E-state index contributed by atoms with van der Waals surface area (Å²) in [6.07, 6.45) is 1.90. The summed E-state index contributed by atoms with van der Waals surface area (Å²) in [4.78, 5) is 18.5. The van der Waals surface area contributed by atoms with Crippen LogP contribution in [0.5, 0.6) is 0 Å². The standard InChI is InChI=1S/C11H12N6O/c1-7(18)13-5-3-2-4-8-9-10(12)14-6-15-11(9)17-16-8/h6H,3,5H2,1H3,(H,13,18)(H3,12,14,15,16,17). The summed E-state index contributed by atoms with van der Waals surface area (Å²) >= 11 is 0. The number of amides is 1. The number of aromatic amines is 1. The third-order valence-corrected chi connectivity index (χ3v) is 2.22. The maximum Gasteiger partial charge on any atom is 0.216 e. The minimum atomic E-state index is -0.0681. The van der Waals surface area contributed by atoms with Gasteiger partial charge in [-0.05, 0) is 5.92 Å². The zero-order valence-electron chi connectivity index (χ0n) is 9.82. The molecule has 0 spiro atoms. The Morgan fingerprint density at radius 1 is 1.56 bits per heavy atom. The summed E-state index contributed by atoms with van der Waals surface area (Å²) in [6.45, 7) is 1.98. The summed E-state index contributed by atoms with van der Waals surface area (Å²) in [5, 5.41) is 10.0. The molecule has 92 valence electrons. The summed E-state index contributed by atoms with van der Waals surface area (Å²) in [6, 6.07) is 0. The highest BCUT2D eigenvalue weighted by molar-refractivity contribution is 5.89. The molecule has 0 atom stereocenters. The lowest BCUT2D eigenvalue weighted by atomic mass is 10.2. The first-order chi connectivity index (χ1) is 8.68. The fraction of sp³-hybridized carbons (Fsp3) is 0.273. The molecular formula is C11H12N6O. The molecule has 0 saturated heterocycles. The molecule has 2 aromatic heterocycles. The van der Waals surface area contributed by atoms with Gasteiger partial charge in [0.1, 0.15) is 17.8 Å². The van der Waals surface area contributed by atoms with E-state index in [4.69, 9.17) is 5.73 Å². The minimum absolute atomic E-state index is 0.0681. The van der Waals surface area contributed by atoms with Crippen molar-refractivity contribution in [2.24, 2.45) is 0 Å². The fourth-order valence-corrected chi connectivity index (χ4v) is 1.42. The molecule has 0 unspecified atom stereocenters. The smallest absolute Gasteiger partial charge is 0.216 e. The van der Waals surface area contributed by atoms with Gasteiger partial charge in [0.2, 0.25) is 5.91 Å². The van der Waals surface area contributed by atoms with Gasteiger partial charge in [-0.25, -0.2) is 9.97 Å². The lowest BCUT2D eigenvalue weighted by Gasteiger charge is -1.94. The SMILES string of the molecule is CC(=O)NCCC#Cc1[nH]nc2ncnc(N)c12. The van der Waals surface area contributed by atoms with Gasteiger partial charge in [0.15, 0.2) is 5.65 Å². The first kappa shape index (κ1) is 11.9. The average Bonchev–Trinajstić information content (AvgIpc) is 2.73. The number of nitrogens with one attached hydrogen (secondary N) is 2. The molecule has 0 bridgehead atoms. The molecule has 0 aliphatic rings. The molecule has 4 N–H and O–H groups in total. The summed E-state index contributed by atoms with van der Waals surface area (Å²) in [7, 11) is 0. The Labute approximate surface area is 103 Å². The van der Waals surface area contributed by atoms with Crippen molar-refractivity contribution >= 4 is 22.8 Å². The first-order valence-electron chi connectivity index (χ1n) is 5.36. The van der Waals surface area contributed by atoms with E-state index in [0.29, 0.717) is 35.5 Å². The Bertz CT molecular complexity index is 636. The van der Waals surface area contributed by atoms with Crippen LogP contribution < -0.4 is 11.1 Å². The van der Waals surface area contributed by atoms with E-state index < -0.39 is 0 Å². The molecule has 0 aromatic carbocycles. The van der Waals surface area contributed by atoms with Gasteiger partial charge in [-0.15, -0.1) is 0 Å². The fourth-order valence-electron chi connectivity index (χ4n) is 1.42. The Morgan fingerprint density at radius 3 is 3.17 bits per heavy atom. The van der Waals surface area contributed by atoms with Gasteiger partial charge in [-0.1, -0.05) is 5.92 Å². The number of carbonyl (C=O) groups is 1. The number of aromatic nitrogens is 4. The predicted molar refractivity (Wildman–Crippen MR) is 66.3 cm³/mol. The van der Waals surface area contributed by atoms with Crippen molar-refractivity contribution in [3.05, 3.63) is 12.0 Å². The summed E-state index contributed by atoms with van der Waals surface area (Å²) in [5.41, 5.74) is 6.82. The lowest BCUT2D eigenvalue weighted by Crippen LogP contribution is -2.20. The number of hydrogen-bond acceptors (Lipinski definition) is 5. The van der Waals surface area contributed by atoms with Crippen LogP contribution in [0.2, 0.25) is 0 Å². The van der Waals surface area contributed by atoms with Crippen LogP contribution in [-0.4, -0.2) is 32.6 Å². The van der Waals surface area contributed by atoms with Crippen LogP contribution in [0.15, 0.2) is 6.33 Å². The summed E-state index contributed by atoms with van der Waals surface area (Å²) < 4.78 is 0. The molecule has 2 aromatic rings. The highest BCUT2D eigenvalue weighted by Crippen LogP contribution is 2.17. The van der Waals surface area contributed by atoms with E-state index in [-0.39, 0.29) is 5.91 Å². The van der Waals surface area contributed by atoms with Crippen LogP contribution in [0, 0.1) is 11.8 Å². The van der Waals surface area contributed by atoms with Crippen molar-refractivity contribution in [3.8, 4) is 11.8 Å². The van der Waals surface area contributed by atoms with Crippen LogP contribution in [0.3, 0.4) is 0 Å². The Hall–Kier alpha value is -2.62. The van der Waals surface area contributed by atoms with Crippen molar-refractivity contribution in [2.75, 3.05) is 12.3 Å². The first-order valence-corrected chi connectivity index (χ1v) is 5.36. The van der Waals surface area contributed by atoms with Crippen LogP contribution >= 0.6 is 0 Å². The number of hydrogen-bond donors (Lipinski definition) is 3. The lowest BCUT2D eigenvalue weighted by molar-refractivity contribution is -0.118. The van der Waals surface area contributed by atoms with Crippen molar-refractivity contribution in [3.63, 3.8) is 0 Å². The van der Waals surface area contributed by atoms with Gasteiger partial charge in [-0.2, -0.15) is 5.10 Å². The van der Waals surface area contributed by atoms with Crippen LogP contribution in [0.1, 0.15) is 19.0 Å². The summed E-state index contributed by atoms with van der Waals surface area (Å²) in [5.74, 6) is 6.10. The van der Waals surface area contributed by atoms with E-state index in [9.17, 15) is 4.79 Å². The van der Waals surface area contributed by atoms with E-state index in [1.165, 1.54) is 13.3 Å². The molecule has 2 heterocycles. The normalized spacial score (nSPS) is 9.83. The molecule has 0 aliphatic heterocycles. The molecule has 7 heteroatoms. The zero-order valence-corrected chi connectivity index (χ0v) is 9.82. The monoisotopic (exact) mass is 244 g/mol. The molecule has 0 radical (unpaired) electrons. The number of nitrogen functional groups attached to an aromatic ring is 1.